The molecule has 1 aromatic heterocycles. The summed E-state index contributed by atoms with van der Waals surface area (Å²) >= 11 is 1.49. The van der Waals surface area contributed by atoms with Gasteiger partial charge in [0.1, 0.15) is 10.8 Å². The number of hydrogen-bond donors (Lipinski definition) is 0. The highest BCUT2D eigenvalue weighted by molar-refractivity contribution is 8.00. The second-order valence-corrected chi connectivity index (χ2v) is 8.02. The van der Waals surface area contributed by atoms with Gasteiger partial charge in [0, 0.05) is 24.0 Å². The zero-order valence-corrected chi connectivity index (χ0v) is 17.5. The van der Waals surface area contributed by atoms with Gasteiger partial charge in [0.05, 0.1) is 17.9 Å². The molecule has 6 heteroatoms. The Morgan fingerprint density at radius 1 is 1.07 bits per heavy atom. The maximum absolute atomic E-state index is 12.7. The second kappa shape index (κ2) is 9.27. The van der Waals surface area contributed by atoms with Crippen molar-refractivity contribution in [3.8, 4) is 17.1 Å². The van der Waals surface area contributed by atoms with Gasteiger partial charge < -0.3 is 9.64 Å². The molecule has 1 fully saturated rings. The number of nitrogens with zero attached hydrogens (tertiary/aromatic N) is 3. The molecule has 2 aromatic carbocycles. The van der Waals surface area contributed by atoms with E-state index in [4.69, 9.17) is 14.7 Å². The van der Waals surface area contributed by atoms with Crippen LogP contribution < -0.4 is 4.74 Å². The number of piperidine rings is 1. The number of aromatic nitrogens is 2. The van der Waals surface area contributed by atoms with Crippen molar-refractivity contribution in [3.63, 3.8) is 0 Å². The van der Waals surface area contributed by atoms with Crippen LogP contribution >= 0.6 is 11.8 Å². The fourth-order valence-corrected chi connectivity index (χ4v) is 4.44. The minimum absolute atomic E-state index is 0.184. The van der Waals surface area contributed by atoms with Gasteiger partial charge in [-0.1, -0.05) is 42.1 Å². The minimum Gasteiger partial charge on any atom is -0.494 e. The van der Waals surface area contributed by atoms with Crippen molar-refractivity contribution in [2.45, 2.75) is 31.2 Å². The van der Waals surface area contributed by atoms with Crippen molar-refractivity contribution in [2.75, 3.05) is 25.4 Å². The van der Waals surface area contributed by atoms with Crippen LogP contribution in [0.2, 0.25) is 0 Å². The van der Waals surface area contributed by atoms with Crippen molar-refractivity contribution in [1.29, 1.82) is 0 Å². The van der Waals surface area contributed by atoms with Crippen LogP contribution in [0.4, 0.5) is 0 Å². The highest BCUT2D eigenvalue weighted by Gasteiger charge is 2.18. The Morgan fingerprint density at radius 3 is 2.62 bits per heavy atom. The summed E-state index contributed by atoms with van der Waals surface area (Å²) in [5.74, 6) is 2.04. The highest BCUT2D eigenvalue weighted by Crippen LogP contribution is 2.31. The van der Waals surface area contributed by atoms with Gasteiger partial charge in [-0.3, -0.25) is 4.79 Å². The van der Waals surface area contributed by atoms with Gasteiger partial charge in [-0.15, -0.1) is 0 Å². The van der Waals surface area contributed by atoms with Gasteiger partial charge >= 0.3 is 0 Å². The quantitative estimate of drug-likeness (QED) is 0.434. The standard InChI is InChI=1S/C23H25N3O2S/c1-2-28-18-11-12-20-19(15-18)23(25-22(24-20)17-9-5-3-6-10-17)29-16-21(27)26-13-7-4-8-14-26/h3,5-6,9-12,15H,2,4,7-8,13-14,16H2,1H3. The number of fused-ring (bicyclic) bond motifs is 1. The van der Waals surface area contributed by atoms with E-state index < -0.39 is 0 Å². The lowest BCUT2D eigenvalue weighted by Gasteiger charge is -2.26. The van der Waals surface area contributed by atoms with Gasteiger partial charge in [0.25, 0.3) is 0 Å². The molecule has 0 bridgehead atoms. The Balaban J connectivity index is 1.66. The summed E-state index contributed by atoms with van der Waals surface area (Å²) in [5.41, 5.74) is 1.82. The maximum Gasteiger partial charge on any atom is 0.232 e. The van der Waals surface area contributed by atoms with Crippen LogP contribution in [0.3, 0.4) is 0 Å². The topological polar surface area (TPSA) is 55.3 Å². The first-order valence-electron chi connectivity index (χ1n) is 10.1. The van der Waals surface area contributed by atoms with Crippen molar-refractivity contribution < 1.29 is 9.53 Å². The summed E-state index contributed by atoms with van der Waals surface area (Å²) in [6.45, 7) is 4.30. The van der Waals surface area contributed by atoms with Crippen LogP contribution in [-0.2, 0) is 4.79 Å². The number of carbonyl (C=O) groups is 1. The number of likely N-dealkylation sites (tertiary alicyclic amines) is 1. The van der Waals surface area contributed by atoms with Crippen LogP contribution in [0, 0.1) is 0 Å². The van der Waals surface area contributed by atoms with E-state index in [9.17, 15) is 4.79 Å². The summed E-state index contributed by atoms with van der Waals surface area (Å²) < 4.78 is 5.66. The van der Waals surface area contributed by atoms with Gasteiger partial charge in [0.15, 0.2) is 5.82 Å². The van der Waals surface area contributed by atoms with E-state index in [0.29, 0.717) is 18.2 Å². The van der Waals surface area contributed by atoms with E-state index in [-0.39, 0.29) is 5.91 Å². The van der Waals surface area contributed by atoms with Crippen LogP contribution in [0.5, 0.6) is 5.75 Å². The molecule has 1 amide bonds. The third-order valence-electron chi connectivity index (χ3n) is 5.02. The molecule has 0 spiro atoms. The zero-order valence-electron chi connectivity index (χ0n) is 16.6. The molecule has 0 atom stereocenters. The predicted molar refractivity (Wildman–Crippen MR) is 117 cm³/mol. The van der Waals surface area contributed by atoms with Crippen LogP contribution in [-0.4, -0.2) is 46.2 Å². The second-order valence-electron chi connectivity index (χ2n) is 7.06. The third kappa shape index (κ3) is 4.70. The van der Waals surface area contributed by atoms with Gasteiger partial charge in [-0.05, 0) is 44.4 Å². The first-order chi connectivity index (χ1) is 14.2. The summed E-state index contributed by atoms with van der Waals surface area (Å²) in [4.78, 5) is 24.2. The lowest BCUT2D eigenvalue weighted by Crippen LogP contribution is -2.36. The molecule has 29 heavy (non-hydrogen) atoms. The van der Waals surface area contributed by atoms with E-state index in [1.54, 1.807) is 0 Å². The summed E-state index contributed by atoms with van der Waals surface area (Å²) in [6, 6.07) is 15.8. The molecular weight excluding hydrogens is 382 g/mol. The average molecular weight is 408 g/mol. The van der Waals surface area contributed by atoms with Crippen LogP contribution in [0.25, 0.3) is 22.3 Å². The summed E-state index contributed by atoms with van der Waals surface area (Å²) in [7, 11) is 0. The molecule has 4 rings (SSSR count). The van der Waals surface area contributed by atoms with Crippen molar-refractivity contribution in [2.24, 2.45) is 0 Å². The molecule has 1 aliphatic rings. The lowest BCUT2D eigenvalue weighted by atomic mass is 10.1. The molecule has 3 aromatic rings. The maximum atomic E-state index is 12.7. The molecule has 0 unspecified atom stereocenters. The van der Waals surface area contributed by atoms with Crippen LogP contribution in [0.15, 0.2) is 53.6 Å². The molecule has 5 nitrogen and oxygen atoms in total. The number of hydrogen-bond acceptors (Lipinski definition) is 5. The van der Waals surface area contributed by atoms with Crippen molar-refractivity contribution in [3.05, 3.63) is 48.5 Å². The van der Waals surface area contributed by atoms with Gasteiger partial charge in [-0.2, -0.15) is 0 Å². The van der Waals surface area contributed by atoms with Crippen molar-refractivity contribution >= 4 is 28.6 Å². The highest BCUT2D eigenvalue weighted by atomic mass is 32.2. The number of carbonyl (C=O) groups excluding carboxylic acids is 1. The molecule has 0 saturated carbocycles. The fraction of sp³-hybridized carbons (Fsp3) is 0.348. The molecule has 1 saturated heterocycles. The molecular formula is C23H25N3O2S. The Hall–Kier alpha value is -2.60. The Morgan fingerprint density at radius 2 is 1.86 bits per heavy atom. The normalized spacial score (nSPS) is 14.2. The zero-order chi connectivity index (χ0) is 20.1. The molecule has 0 aliphatic carbocycles. The monoisotopic (exact) mass is 407 g/mol. The van der Waals surface area contributed by atoms with Gasteiger partial charge in [0.2, 0.25) is 5.91 Å². The number of ether oxygens (including phenoxy) is 1. The number of amides is 1. The van der Waals surface area contributed by atoms with Crippen LogP contribution in [0.1, 0.15) is 26.2 Å². The first-order valence-corrected chi connectivity index (χ1v) is 11.1. The molecule has 1 aliphatic heterocycles. The van der Waals surface area contributed by atoms with E-state index in [1.165, 1.54) is 18.2 Å². The minimum atomic E-state index is 0.184. The van der Waals surface area contributed by atoms with E-state index in [0.717, 1.165) is 53.2 Å². The fourth-order valence-electron chi connectivity index (χ4n) is 3.53. The molecule has 150 valence electrons. The van der Waals surface area contributed by atoms with E-state index >= 15 is 0 Å². The lowest BCUT2D eigenvalue weighted by molar-refractivity contribution is -0.129. The third-order valence-corrected chi connectivity index (χ3v) is 5.99. The largest absolute Gasteiger partial charge is 0.494 e. The Labute approximate surface area is 175 Å². The Kier molecular flexibility index (Phi) is 6.30. The first kappa shape index (κ1) is 19.7. The van der Waals surface area contributed by atoms with Crippen molar-refractivity contribution in [1.82, 2.24) is 14.9 Å². The summed E-state index contributed by atoms with van der Waals surface area (Å²) in [5, 5.41) is 1.74. The Bertz CT molecular complexity index is 988. The number of benzene rings is 2. The average Bonchev–Trinajstić information content (AvgIpc) is 2.78. The SMILES string of the molecule is CCOc1ccc2nc(-c3ccccc3)nc(SCC(=O)N3CCCCC3)c2c1. The summed E-state index contributed by atoms with van der Waals surface area (Å²) in [6.07, 6.45) is 3.42. The van der Waals surface area contributed by atoms with E-state index in [2.05, 4.69) is 0 Å². The van der Waals surface area contributed by atoms with Gasteiger partial charge in [-0.25, -0.2) is 9.97 Å². The predicted octanol–water partition coefficient (Wildman–Crippen LogP) is 4.80. The van der Waals surface area contributed by atoms with E-state index in [1.807, 2.05) is 60.4 Å². The number of rotatable bonds is 6. The smallest absolute Gasteiger partial charge is 0.232 e. The molecule has 0 radical (unpaired) electrons. The molecule has 0 N–H and O–H groups in total. The number of thioether (sulfide) groups is 1. The molecule has 2 heterocycles.